The van der Waals surface area contributed by atoms with E-state index < -0.39 is 15.8 Å². The summed E-state index contributed by atoms with van der Waals surface area (Å²) in [6.45, 7) is 0.119. The van der Waals surface area contributed by atoms with Crippen LogP contribution >= 0.6 is 11.6 Å². The molecule has 1 aromatic carbocycles. The number of benzene rings is 1. The molecule has 0 aromatic heterocycles. The predicted octanol–water partition coefficient (Wildman–Crippen LogP) is 1.85. The molecule has 0 fully saturated rings. The van der Waals surface area contributed by atoms with Crippen molar-refractivity contribution in [2.75, 3.05) is 18.6 Å². The van der Waals surface area contributed by atoms with E-state index in [4.69, 9.17) is 21.4 Å². The zero-order valence-corrected chi connectivity index (χ0v) is 11.3. The molecule has 0 spiro atoms. The molecule has 0 aliphatic carbocycles. The number of hydrogen-bond acceptors (Lipinski definition) is 4. The van der Waals surface area contributed by atoms with E-state index in [2.05, 4.69) is 0 Å². The van der Waals surface area contributed by atoms with E-state index in [9.17, 15) is 13.2 Å². The van der Waals surface area contributed by atoms with Crippen LogP contribution in [0.25, 0.3) is 0 Å². The third-order valence-electron chi connectivity index (χ3n) is 2.11. The Morgan fingerprint density at radius 2 is 2.11 bits per heavy atom. The first-order valence-corrected chi connectivity index (χ1v) is 7.57. The highest BCUT2D eigenvalue weighted by molar-refractivity contribution is 7.90. The van der Waals surface area contributed by atoms with Gasteiger partial charge in [-0.2, -0.15) is 0 Å². The van der Waals surface area contributed by atoms with E-state index in [0.717, 1.165) is 6.26 Å². The maximum Gasteiger partial charge on any atom is 0.341 e. The van der Waals surface area contributed by atoms with Crippen LogP contribution in [0.2, 0.25) is 5.02 Å². The third kappa shape index (κ3) is 4.54. The molecule has 5 nitrogen and oxygen atoms in total. The molecule has 1 N–H and O–H groups in total. The summed E-state index contributed by atoms with van der Waals surface area (Å²) in [6.07, 6.45) is 1.43. The van der Waals surface area contributed by atoms with Gasteiger partial charge in [-0.3, -0.25) is 0 Å². The van der Waals surface area contributed by atoms with Crippen molar-refractivity contribution in [2.24, 2.45) is 0 Å². The number of rotatable bonds is 6. The minimum atomic E-state index is -3.04. The van der Waals surface area contributed by atoms with Crippen LogP contribution in [0, 0.1) is 0 Å². The zero-order chi connectivity index (χ0) is 13.8. The number of halogens is 1. The lowest BCUT2D eigenvalue weighted by molar-refractivity contribution is 0.0692. The van der Waals surface area contributed by atoms with Gasteiger partial charge in [0.25, 0.3) is 0 Å². The van der Waals surface area contributed by atoms with E-state index in [1.807, 2.05) is 0 Å². The molecule has 0 radical (unpaired) electrons. The summed E-state index contributed by atoms with van der Waals surface area (Å²) in [6, 6.07) is 4.50. The second-order valence-corrected chi connectivity index (χ2v) is 6.42. The van der Waals surface area contributed by atoms with Gasteiger partial charge in [0, 0.05) is 6.26 Å². The van der Waals surface area contributed by atoms with E-state index in [0.29, 0.717) is 6.42 Å². The Balaban J connectivity index is 2.68. The number of ether oxygens (including phenoxy) is 1. The fraction of sp³-hybridized carbons (Fsp3) is 0.364. The van der Waals surface area contributed by atoms with E-state index in [1.165, 1.54) is 12.1 Å². The summed E-state index contributed by atoms with van der Waals surface area (Å²) in [4.78, 5) is 11.0. The highest BCUT2D eigenvalue weighted by atomic mass is 35.5. The second kappa shape index (κ2) is 6.06. The number of sulfone groups is 1. The highest BCUT2D eigenvalue weighted by Crippen LogP contribution is 2.26. The first-order valence-electron chi connectivity index (χ1n) is 5.13. The number of aromatic carboxylic acids is 1. The Morgan fingerprint density at radius 1 is 1.44 bits per heavy atom. The Labute approximate surface area is 110 Å². The first kappa shape index (κ1) is 14.8. The third-order valence-corrected chi connectivity index (χ3v) is 3.45. The van der Waals surface area contributed by atoms with Gasteiger partial charge in [0.05, 0.1) is 17.4 Å². The average molecular weight is 293 g/mol. The molecule has 100 valence electrons. The monoisotopic (exact) mass is 292 g/mol. The van der Waals surface area contributed by atoms with Crippen LogP contribution in [0.4, 0.5) is 0 Å². The maximum atomic E-state index is 11.0. The molecule has 0 amide bonds. The topological polar surface area (TPSA) is 80.7 Å². The van der Waals surface area contributed by atoms with Gasteiger partial charge in [-0.1, -0.05) is 17.7 Å². The Hall–Kier alpha value is -1.27. The van der Waals surface area contributed by atoms with Crippen molar-refractivity contribution >= 4 is 27.4 Å². The summed E-state index contributed by atoms with van der Waals surface area (Å²) < 4.78 is 27.0. The molecule has 7 heteroatoms. The van der Waals surface area contributed by atoms with Crippen LogP contribution < -0.4 is 4.74 Å². The normalized spacial score (nSPS) is 11.2. The molecule has 1 aromatic rings. The molecular weight excluding hydrogens is 280 g/mol. The molecule has 18 heavy (non-hydrogen) atoms. The number of carbonyl (C=O) groups is 1. The standard InChI is InChI=1S/C11H13ClO5S/c1-18(15,16)7-3-6-17-9-5-2-4-8(12)10(9)11(13)14/h2,4-5H,3,6-7H2,1H3,(H,13,14). The minimum absolute atomic E-state index is 0.00400. The van der Waals surface area contributed by atoms with E-state index in [1.54, 1.807) is 6.07 Å². The van der Waals surface area contributed by atoms with Crippen LogP contribution in [0.3, 0.4) is 0 Å². The van der Waals surface area contributed by atoms with Gasteiger partial charge in [0.2, 0.25) is 0 Å². The van der Waals surface area contributed by atoms with Crippen LogP contribution in [-0.2, 0) is 9.84 Å². The average Bonchev–Trinajstić information content (AvgIpc) is 2.22. The fourth-order valence-electron chi connectivity index (χ4n) is 1.34. The summed E-state index contributed by atoms with van der Waals surface area (Å²) in [5.41, 5.74) is -0.112. The van der Waals surface area contributed by atoms with Crippen LogP contribution in [-0.4, -0.2) is 38.1 Å². The lowest BCUT2D eigenvalue weighted by Gasteiger charge is -2.09. The summed E-state index contributed by atoms with van der Waals surface area (Å²) >= 11 is 5.75. The molecule has 0 saturated heterocycles. The molecule has 0 saturated carbocycles. The molecule has 0 atom stereocenters. The fourth-order valence-corrected chi connectivity index (χ4v) is 2.22. The van der Waals surface area contributed by atoms with Gasteiger partial charge in [0.15, 0.2) is 0 Å². The quantitative estimate of drug-likeness (QED) is 0.809. The summed E-state index contributed by atoms with van der Waals surface area (Å²) in [5.74, 6) is -1.04. The Bertz CT molecular complexity index is 538. The van der Waals surface area contributed by atoms with Crippen LogP contribution in [0.1, 0.15) is 16.8 Å². The van der Waals surface area contributed by atoms with Gasteiger partial charge in [-0.05, 0) is 18.6 Å². The van der Waals surface area contributed by atoms with Crippen molar-refractivity contribution in [3.8, 4) is 5.75 Å². The van der Waals surface area contributed by atoms with E-state index in [-0.39, 0.29) is 28.7 Å². The van der Waals surface area contributed by atoms with Crippen molar-refractivity contribution in [1.82, 2.24) is 0 Å². The van der Waals surface area contributed by atoms with E-state index >= 15 is 0 Å². The minimum Gasteiger partial charge on any atom is -0.493 e. The molecule has 0 bridgehead atoms. The number of hydrogen-bond donors (Lipinski definition) is 1. The highest BCUT2D eigenvalue weighted by Gasteiger charge is 2.15. The Kier molecular flexibility index (Phi) is 4.98. The van der Waals surface area contributed by atoms with Gasteiger partial charge >= 0.3 is 5.97 Å². The summed E-state index contributed by atoms with van der Waals surface area (Å²) in [5, 5.41) is 9.06. The first-order chi connectivity index (χ1) is 8.31. The van der Waals surface area contributed by atoms with Crippen LogP contribution in [0.5, 0.6) is 5.75 Å². The SMILES string of the molecule is CS(=O)(=O)CCCOc1cccc(Cl)c1C(=O)O. The van der Waals surface area contributed by atoms with Crippen molar-refractivity contribution in [2.45, 2.75) is 6.42 Å². The molecular formula is C11H13ClO5S. The summed E-state index contributed by atoms with van der Waals surface area (Å²) in [7, 11) is -3.04. The maximum absolute atomic E-state index is 11.0. The van der Waals surface area contributed by atoms with Crippen molar-refractivity contribution < 1.29 is 23.1 Å². The van der Waals surface area contributed by atoms with Crippen molar-refractivity contribution in [3.05, 3.63) is 28.8 Å². The zero-order valence-electron chi connectivity index (χ0n) is 9.72. The van der Waals surface area contributed by atoms with Gasteiger partial charge < -0.3 is 9.84 Å². The van der Waals surface area contributed by atoms with Gasteiger partial charge in [0.1, 0.15) is 21.2 Å². The number of carboxylic acids is 1. The predicted molar refractivity (Wildman–Crippen MR) is 68.2 cm³/mol. The number of carboxylic acid groups (broad SMARTS) is 1. The van der Waals surface area contributed by atoms with Gasteiger partial charge in [-0.15, -0.1) is 0 Å². The molecule has 0 aliphatic heterocycles. The molecule has 1 rings (SSSR count). The Morgan fingerprint density at radius 3 is 2.67 bits per heavy atom. The lowest BCUT2D eigenvalue weighted by atomic mass is 10.2. The van der Waals surface area contributed by atoms with Crippen molar-refractivity contribution in [1.29, 1.82) is 0 Å². The largest absolute Gasteiger partial charge is 0.493 e. The van der Waals surface area contributed by atoms with Gasteiger partial charge in [-0.25, -0.2) is 13.2 Å². The molecule has 0 heterocycles. The molecule has 0 unspecified atom stereocenters. The van der Waals surface area contributed by atoms with Crippen LogP contribution in [0.15, 0.2) is 18.2 Å². The lowest BCUT2D eigenvalue weighted by Crippen LogP contribution is -2.10. The molecule has 0 aliphatic rings. The smallest absolute Gasteiger partial charge is 0.341 e. The van der Waals surface area contributed by atoms with Crippen molar-refractivity contribution in [3.63, 3.8) is 0 Å². The second-order valence-electron chi connectivity index (χ2n) is 3.75.